The highest BCUT2D eigenvalue weighted by atomic mass is 16.7. The van der Waals surface area contributed by atoms with E-state index >= 15 is 0 Å². The minimum atomic E-state index is -1.63. The lowest BCUT2D eigenvalue weighted by Crippen LogP contribution is -2.44. The molecule has 0 amide bonds. The van der Waals surface area contributed by atoms with Crippen molar-refractivity contribution in [3.05, 3.63) is 122 Å². The van der Waals surface area contributed by atoms with Crippen LogP contribution in [0.1, 0.15) is 264 Å². The van der Waals surface area contributed by atoms with E-state index < -0.39 is 24.3 Å². The lowest BCUT2D eigenvalue weighted by atomic mass is 10.0. The van der Waals surface area contributed by atoms with Crippen molar-refractivity contribution >= 4 is 17.9 Å². The summed E-state index contributed by atoms with van der Waals surface area (Å²) in [5.41, 5.74) is 0. The zero-order chi connectivity index (χ0) is 59.8. The summed E-state index contributed by atoms with van der Waals surface area (Å²) >= 11 is 0. The summed E-state index contributed by atoms with van der Waals surface area (Å²) in [5, 5.41) is 11.8. The summed E-state index contributed by atoms with van der Waals surface area (Å²) in [5.74, 6) is -2.29. The molecule has 0 aliphatic rings. The van der Waals surface area contributed by atoms with Gasteiger partial charge in [-0.25, -0.2) is 0 Å². The minimum absolute atomic E-state index is 0.143. The zero-order valence-electron chi connectivity index (χ0n) is 53.3. The van der Waals surface area contributed by atoms with E-state index in [0.717, 1.165) is 109 Å². The highest BCUT2D eigenvalue weighted by Gasteiger charge is 2.22. The van der Waals surface area contributed by atoms with Crippen molar-refractivity contribution < 1.29 is 42.9 Å². The molecule has 0 aliphatic carbocycles. The highest BCUT2D eigenvalue weighted by Crippen LogP contribution is 2.16. The SMILES string of the molecule is CC/C=C\C/C=C\C/C=C\C/C=C\C/C=C\C/C=C\C/C=C\C/C=C\C/C=C\C/C=C\CCCCCCCCCCCCC(=O)OC(COC(=O)CCCCCCCCCCCCCCCCCC)COC(OCC[N+](C)(C)C)C(=O)[O-]. The molecule has 0 fully saturated rings. The Morgan fingerprint density at radius 1 is 0.378 bits per heavy atom. The van der Waals surface area contributed by atoms with Crippen LogP contribution in [0.3, 0.4) is 0 Å². The first kappa shape index (κ1) is 77.7. The van der Waals surface area contributed by atoms with Crippen LogP contribution in [0.4, 0.5) is 0 Å². The molecule has 2 unspecified atom stereocenters. The quantitative estimate of drug-likeness (QED) is 0.0195. The lowest BCUT2D eigenvalue weighted by Gasteiger charge is -2.26. The van der Waals surface area contributed by atoms with Crippen LogP contribution in [0.5, 0.6) is 0 Å². The molecule has 0 aromatic carbocycles. The molecule has 0 saturated heterocycles. The van der Waals surface area contributed by atoms with Gasteiger partial charge in [0.2, 0.25) is 0 Å². The fraction of sp³-hybridized carbons (Fsp3) is 0.685. The zero-order valence-corrected chi connectivity index (χ0v) is 53.3. The molecule has 0 heterocycles. The van der Waals surface area contributed by atoms with E-state index in [1.807, 2.05) is 21.1 Å². The number of ether oxygens (including phenoxy) is 4. The molecular weight excluding hydrogens is 1020 g/mol. The van der Waals surface area contributed by atoms with Crippen molar-refractivity contribution in [3.63, 3.8) is 0 Å². The number of hydrogen-bond acceptors (Lipinski definition) is 8. The van der Waals surface area contributed by atoms with E-state index in [9.17, 15) is 19.5 Å². The maximum atomic E-state index is 12.9. The standard InChI is InChI=1S/C73H123NO8/c1-6-8-10-12-14-16-18-20-22-24-25-26-27-28-29-30-31-32-33-34-35-36-37-38-39-40-41-42-43-44-45-46-47-48-50-52-54-56-58-60-62-64-71(76)82-69(68-81-73(72(77)78)79-66-65-74(3,4)5)67-80-70(75)63-61-59-57-55-53-51-49-23-21-19-17-15-13-11-9-7-2/h8,10,14,16,20,22,25-26,28-29,31-32,34-35,37-38,40-41,43-44,69,73H,6-7,9,11-13,15,17-19,21,23-24,27,30,33,36,39,42,45-68H2,1-5H3/b10-8-,16-14-,22-20-,26-25-,29-28-,32-31-,35-34-,38-37-,41-40-,44-43-. The second kappa shape index (κ2) is 62.7. The van der Waals surface area contributed by atoms with Crippen LogP contribution in [-0.4, -0.2) is 82.3 Å². The van der Waals surface area contributed by atoms with E-state index in [2.05, 4.69) is 135 Å². The van der Waals surface area contributed by atoms with Gasteiger partial charge >= 0.3 is 11.9 Å². The number of esters is 2. The molecule has 9 nitrogen and oxygen atoms in total. The number of allylic oxidation sites excluding steroid dienone is 20. The number of carbonyl (C=O) groups excluding carboxylic acids is 3. The number of carboxylic acid groups (broad SMARTS) is 1. The summed E-state index contributed by atoms with van der Waals surface area (Å²) in [4.78, 5) is 37.4. The van der Waals surface area contributed by atoms with Crippen LogP contribution in [0.2, 0.25) is 0 Å². The predicted molar refractivity (Wildman–Crippen MR) is 347 cm³/mol. The number of unbranched alkanes of at least 4 members (excludes halogenated alkanes) is 25. The molecule has 0 rings (SSSR count). The van der Waals surface area contributed by atoms with Crippen molar-refractivity contribution in [2.24, 2.45) is 0 Å². The van der Waals surface area contributed by atoms with Gasteiger partial charge in [-0.05, 0) is 89.9 Å². The number of nitrogens with zero attached hydrogens (tertiary/aromatic N) is 1. The van der Waals surface area contributed by atoms with Gasteiger partial charge in [-0.1, -0.05) is 283 Å². The van der Waals surface area contributed by atoms with Crippen molar-refractivity contribution in [1.29, 1.82) is 0 Å². The third-order valence-corrected chi connectivity index (χ3v) is 14.0. The smallest absolute Gasteiger partial charge is 0.306 e. The molecule has 0 aliphatic heterocycles. The summed E-state index contributed by atoms with van der Waals surface area (Å²) in [6, 6.07) is 0. The van der Waals surface area contributed by atoms with E-state index in [-0.39, 0.29) is 32.2 Å². The predicted octanol–water partition coefficient (Wildman–Crippen LogP) is 19.1. The first-order valence-corrected chi connectivity index (χ1v) is 33.2. The molecule has 0 aromatic heterocycles. The van der Waals surface area contributed by atoms with Crippen LogP contribution in [0.25, 0.3) is 0 Å². The number of hydrogen-bond donors (Lipinski definition) is 0. The molecule has 0 radical (unpaired) electrons. The summed E-state index contributed by atoms with van der Waals surface area (Å²) in [7, 11) is 5.92. The number of quaternary nitrogens is 1. The highest BCUT2D eigenvalue weighted by molar-refractivity contribution is 5.70. The fourth-order valence-electron chi connectivity index (χ4n) is 8.92. The van der Waals surface area contributed by atoms with Crippen molar-refractivity contribution in [3.8, 4) is 0 Å². The number of aliphatic carboxylic acids is 1. The maximum Gasteiger partial charge on any atom is 0.306 e. The molecular formula is C73H123NO8. The topological polar surface area (TPSA) is 111 Å². The van der Waals surface area contributed by atoms with Gasteiger partial charge in [0.25, 0.3) is 0 Å². The van der Waals surface area contributed by atoms with Crippen molar-refractivity contribution in [2.45, 2.75) is 277 Å². The number of carboxylic acids is 1. The monoisotopic (exact) mass is 1140 g/mol. The van der Waals surface area contributed by atoms with E-state index in [1.54, 1.807) is 0 Å². The van der Waals surface area contributed by atoms with Crippen LogP contribution in [0.15, 0.2) is 122 Å². The Kier molecular flexibility index (Phi) is 59.4. The Labute approximate surface area is 504 Å². The molecule has 0 aromatic rings. The average Bonchev–Trinajstić information content (AvgIpc) is 3.45. The van der Waals surface area contributed by atoms with E-state index in [0.29, 0.717) is 23.9 Å². The second-order valence-corrected chi connectivity index (χ2v) is 23.0. The van der Waals surface area contributed by atoms with Crippen LogP contribution >= 0.6 is 0 Å². The third kappa shape index (κ3) is 63.3. The minimum Gasteiger partial charge on any atom is -0.545 e. The Morgan fingerprint density at radius 3 is 1.04 bits per heavy atom. The van der Waals surface area contributed by atoms with Crippen LogP contribution in [-0.2, 0) is 33.3 Å². The fourth-order valence-corrected chi connectivity index (χ4v) is 8.92. The molecule has 82 heavy (non-hydrogen) atoms. The first-order chi connectivity index (χ1) is 40.1. The molecule has 9 heteroatoms. The van der Waals surface area contributed by atoms with Gasteiger partial charge in [-0.15, -0.1) is 0 Å². The lowest BCUT2D eigenvalue weighted by molar-refractivity contribution is -0.870. The Hall–Kier alpha value is -4.31. The van der Waals surface area contributed by atoms with Gasteiger partial charge in [0.1, 0.15) is 13.2 Å². The molecule has 0 N–H and O–H groups in total. The molecule has 0 saturated carbocycles. The van der Waals surface area contributed by atoms with Gasteiger partial charge in [0.15, 0.2) is 12.4 Å². The van der Waals surface area contributed by atoms with Crippen molar-refractivity contribution in [1.82, 2.24) is 0 Å². The average molecular weight is 1140 g/mol. The maximum absolute atomic E-state index is 12.9. The number of rotatable bonds is 60. The van der Waals surface area contributed by atoms with Crippen LogP contribution in [0, 0.1) is 0 Å². The molecule has 2 atom stereocenters. The molecule has 0 spiro atoms. The van der Waals surface area contributed by atoms with Gasteiger partial charge < -0.3 is 33.3 Å². The van der Waals surface area contributed by atoms with E-state index in [4.69, 9.17) is 18.9 Å². The molecule has 0 bridgehead atoms. The van der Waals surface area contributed by atoms with Gasteiger partial charge in [0, 0.05) is 12.8 Å². The summed E-state index contributed by atoms with van der Waals surface area (Å²) < 4.78 is 22.7. The normalized spacial score (nSPS) is 13.5. The summed E-state index contributed by atoms with van der Waals surface area (Å²) in [6.07, 6.45) is 85.5. The van der Waals surface area contributed by atoms with Crippen molar-refractivity contribution in [2.75, 3.05) is 47.5 Å². The van der Waals surface area contributed by atoms with Gasteiger partial charge in [-0.3, -0.25) is 9.59 Å². The molecule has 468 valence electrons. The first-order valence-electron chi connectivity index (χ1n) is 33.2. The summed E-state index contributed by atoms with van der Waals surface area (Å²) in [6.45, 7) is 4.64. The largest absolute Gasteiger partial charge is 0.545 e. The van der Waals surface area contributed by atoms with Gasteiger partial charge in [-0.2, -0.15) is 0 Å². The number of likely N-dealkylation sites (N-methyl/N-ethyl adjacent to an activating group) is 1. The Morgan fingerprint density at radius 2 is 0.695 bits per heavy atom. The van der Waals surface area contributed by atoms with E-state index in [1.165, 1.54) is 122 Å². The Balaban J connectivity index is 4.12. The third-order valence-electron chi connectivity index (χ3n) is 14.0. The number of carbonyl (C=O) groups is 3. The van der Waals surface area contributed by atoms with Gasteiger partial charge in [0.05, 0.1) is 40.3 Å². The second-order valence-electron chi connectivity index (χ2n) is 23.0. The van der Waals surface area contributed by atoms with Crippen LogP contribution < -0.4 is 5.11 Å². The Bertz CT molecular complexity index is 1760.